The predicted octanol–water partition coefficient (Wildman–Crippen LogP) is 4.42. The number of anilines is 1. The Kier molecular flexibility index (Phi) is 9.45. The largest absolute Gasteiger partial charge is 0.397 e. The van der Waals surface area contributed by atoms with Crippen LogP contribution in [0.3, 0.4) is 0 Å². The Labute approximate surface area is 172 Å². The first-order valence-corrected chi connectivity index (χ1v) is 9.31. The summed E-state index contributed by atoms with van der Waals surface area (Å²) in [6.45, 7) is 0. The minimum atomic E-state index is 0.711. The topological polar surface area (TPSA) is 77.6 Å². The van der Waals surface area contributed by atoms with Crippen molar-refractivity contribution in [1.29, 1.82) is 0 Å². The van der Waals surface area contributed by atoms with Crippen LogP contribution in [0.4, 0.5) is 5.69 Å². The number of halogens is 1. The quantitative estimate of drug-likeness (QED) is 0.440. The van der Waals surface area contributed by atoms with Crippen molar-refractivity contribution in [3.05, 3.63) is 113 Å². The molecule has 0 bridgehead atoms. The molecule has 0 aliphatic heterocycles. The maximum absolute atomic E-state index is 5.30. The zero-order valence-electron chi connectivity index (χ0n) is 14.7. The number of nitrogens with two attached hydrogens (primary N) is 1. The summed E-state index contributed by atoms with van der Waals surface area (Å²) in [5.41, 5.74) is 8.44. The lowest BCUT2D eigenvalue weighted by molar-refractivity contribution is 1.12. The highest BCUT2D eigenvalue weighted by Gasteiger charge is 1.94. The van der Waals surface area contributed by atoms with Crippen molar-refractivity contribution < 1.29 is 0 Å². The molecule has 0 aliphatic carbocycles. The highest BCUT2D eigenvalue weighted by atomic mass is 127. The lowest BCUT2D eigenvalue weighted by Gasteiger charge is -1.98. The van der Waals surface area contributed by atoms with E-state index in [0.29, 0.717) is 5.69 Å². The third-order valence-electron chi connectivity index (χ3n) is 3.16. The molecule has 136 valence electrons. The highest BCUT2D eigenvalue weighted by molar-refractivity contribution is 14.1. The van der Waals surface area contributed by atoms with E-state index in [4.69, 9.17) is 5.73 Å². The van der Waals surface area contributed by atoms with E-state index in [1.165, 1.54) is 14.7 Å². The van der Waals surface area contributed by atoms with E-state index < -0.39 is 0 Å². The van der Waals surface area contributed by atoms with Crippen LogP contribution in [0, 0.1) is 3.57 Å². The van der Waals surface area contributed by atoms with Crippen LogP contribution < -0.4 is 5.73 Å². The zero-order valence-corrected chi connectivity index (χ0v) is 16.8. The molecular weight excluding hydrogens is 449 g/mol. The molecule has 4 heterocycles. The lowest BCUT2D eigenvalue weighted by Crippen LogP contribution is -1.88. The zero-order chi connectivity index (χ0) is 19.2. The predicted molar refractivity (Wildman–Crippen MR) is 117 cm³/mol. The van der Waals surface area contributed by atoms with Gasteiger partial charge in [0, 0.05) is 59.6 Å². The average molecular weight is 469 g/mol. The van der Waals surface area contributed by atoms with E-state index in [-0.39, 0.29) is 0 Å². The molecule has 4 aromatic heterocycles. The summed E-state index contributed by atoms with van der Waals surface area (Å²) in [5, 5.41) is 0. The van der Waals surface area contributed by atoms with Crippen LogP contribution >= 0.6 is 22.6 Å². The van der Waals surface area contributed by atoms with E-state index in [0.717, 1.165) is 6.42 Å². The molecule has 0 saturated heterocycles. The van der Waals surface area contributed by atoms with E-state index in [1.54, 1.807) is 43.1 Å². The second-order valence-corrected chi connectivity index (χ2v) is 6.60. The minimum Gasteiger partial charge on any atom is -0.397 e. The third-order valence-corrected chi connectivity index (χ3v) is 3.80. The molecule has 5 nitrogen and oxygen atoms in total. The van der Waals surface area contributed by atoms with Gasteiger partial charge in [0.1, 0.15) is 0 Å². The number of pyridine rings is 4. The summed E-state index contributed by atoms with van der Waals surface area (Å²) in [6, 6.07) is 15.6. The number of rotatable bonds is 2. The Morgan fingerprint density at radius 1 is 0.630 bits per heavy atom. The molecule has 4 aromatic rings. The molecule has 4 rings (SSSR count). The number of nitrogens with zero attached hydrogens (tertiary/aromatic N) is 4. The van der Waals surface area contributed by atoms with Gasteiger partial charge in [0.2, 0.25) is 0 Å². The molecule has 0 fully saturated rings. The molecule has 0 aromatic carbocycles. The van der Waals surface area contributed by atoms with Gasteiger partial charge in [-0.1, -0.05) is 12.1 Å². The van der Waals surface area contributed by atoms with Gasteiger partial charge in [0.25, 0.3) is 0 Å². The van der Waals surface area contributed by atoms with Gasteiger partial charge in [0.15, 0.2) is 0 Å². The summed E-state index contributed by atoms with van der Waals surface area (Å²) >= 11 is 2.22. The normalized spacial score (nSPS) is 9.22. The van der Waals surface area contributed by atoms with Gasteiger partial charge in [-0.25, -0.2) is 0 Å². The maximum atomic E-state index is 5.30. The van der Waals surface area contributed by atoms with Crippen molar-refractivity contribution in [1.82, 2.24) is 19.9 Å². The van der Waals surface area contributed by atoms with Gasteiger partial charge >= 0.3 is 0 Å². The van der Waals surface area contributed by atoms with Crippen LogP contribution in [0.2, 0.25) is 0 Å². The van der Waals surface area contributed by atoms with Crippen LogP contribution in [0.1, 0.15) is 11.1 Å². The van der Waals surface area contributed by atoms with E-state index in [9.17, 15) is 0 Å². The Morgan fingerprint density at radius 2 is 1.11 bits per heavy atom. The second-order valence-electron chi connectivity index (χ2n) is 5.36. The van der Waals surface area contributed by atoms with E-state index in [2.05, 4.69) is 54.7 Å². The minimum absolute atomic E-state index is 0.711. The molecule has 2 N–H and O–H groups in total. The van der Waals surface area contributed by atoms with Crippen LogP contribution in [0.25, 0.3) is 0 Å². The number of hydrogen-bond acceptors (Lipinski definition) is 5. The molecule has 0 spiro atoms. The van der Waals surface area contributed by atoms with Crippen molar-refractivity contribution in [2.75, 3.05) is 5.73 Å². The van der Waals surface area contributed by atoms with Crippen LogP contribution in [-0.2, 0) is 6.42 Å². The highest BCUT2D eigenvalue weighted by Crippen LogP contribution is 2.05. The monoisotopic (exact) mass is 469 g/mol. The molecule has 0 atom stereocenters. The first kappa shape index (κ1) is 20.4. The molecule has 0 amide bonds. The van der Waals surface area contributed by atoms with Gasteiger partial charge in [-0.2, -0.15) is 0 Å². The smallest absolute Gasteiger partial charge is 0.0500 e. The summed E-state index contributed by atoms with van der Waals surface area (Å²) in [6.07, 6.45) is 15.1. The summed E-state index contributed by atoms with van der Waals surface area (Å²) in [5.74, 6) is 0. The van der Waals surface area contributed by atoms with Gasteiger partial charge in [0.05, 0.1) is 5.69 Å². The van der Waals surface area contributed by atoms with Crippen molar-refractivity contribution in [3.8, 4) is 0 Å². The Hall–Kier alpha value is -2.87. The summed E-state index contributed by atoms with van der Waals surface area (Å²) < 4.78 is 1.18. The van der Waals surface area contributed by atoms with Crippen molar-refractivity contribution in [2.45, 2.75) is 6.42 Å². The molecule has 0 unspecified atom stereocenters. The van der Waals surface area contributed by atoms with Crippen LogP contribution in [0.5, 0.6) is 0 Å². The fourth-order valence-electron chi connectivity index (χ4n) is 1.96. The van der Waals surface area contributed by atoms with Gasteiger partial charge in [-0.3, -0.25) is 19.9 Å². The van der Waals surface area contributed by atoms with Crippen molar-refractivity contribution in [2.24, 2.45) is 0 Å². The molecule has 6 heteroatoms. The van der Waals surface area contributed by atoms with Crippen LogP contribution in [0.15, 0.2) is 98.1 Å². The molecule has 27 heavy (non-hydrogen) atoms. The first-order chi connectivity index (χ1) is 13.2. The fraction of sp³-hybridized carbons (Fsp3) is 0.0476. The van der Waals surface area contributed by atoms with Gasteiger partial charge in [-0.15, -0.1) is 0 Å². The Bertz CT molecular complexity index is 785. The number of aromatic nitrogens is 4. The molecular formula is C21H20IN5. The van der Waals surface area contributed by atoms with Crippen LogP contribution in [-0.4, -0.2) is 19.9 Å². The van der Waals surface area contributed by atoms with Crippen molar-refractivity contribution >= 4 is 28.3 Å². The average Bonchev–Trinajstić information content (AvgIpc) is 2.72. The third kappa shape index (κ3) is 9.41. The number of nitrogen functional groups attached to an aromatic ring is 1. The molecule has 0 aliphatic rings. The van der Waals surface area contributed by atoms with Crippen molar-refractivity contribution in [3.63, 3.8) is 0 Å². The van der Waals surface area contributed by atoms with E-state index in [1.807, 2.05) is 42.9 Å². The standard InChI is InChI=1S/C11H10N2.C5H4IN.C5H6N2/c1-3-10(8-12-5-1)7-11-4-2-6-13-9-11;2*6-5-2-1-3-7-4-5/h1-6,8-9H,7H2;1-4H;1-4H,6H2. The van der Waals surface area contributed by atoms with E-state index >= 15 is 0 Å². The lowest BCUT2D eigenvalue weighted by atomic mass is 10.1. The Morgan fingerprint density at radius 3 is 1.37 bits per heavy atom. The van der Waals surface area contributed by atoms with Gasteiger partial charge < -0.3 is 5.73 Å². The second kappa shape index (κ2) is 12.5. The summed E-state index contributed by atoms with van der Waals surface area (Å²) in [4.78, 5) is 15.8. The fourth-order valence-corrected chi connectivity index (χ4v) is 2.33. The SMILES string of the molecule is Ic1cccnc1.Nc1cccnc1.c1cncc(Cc2cccnc2)c1. The van der Waals surface area contributed by atoms with Gasteiger partial charge in [-0.05, 0) is 70.1 Å². The molecule has 0 saturated carbocycles. The first-order valence-electron chi connectivity index (χ1n) is 8.23. The Balaban J connectivity index is 0.000000159. The molecule has 0 radical (unpaired) electrons. The summed E-state index contributed by atoms with van der Waals surface area (Å²) in [7, 11) is 0. The number of hydrogen-bond donors (Lipinski definition) is 1. The maximum Gasteiger partial charge on any atom is 0.0500 e.